The van der Waals surface area contributed by atoms with E-state index in [1.165, 1.54) is 0 Å². The van der Waals surface area contributed by atoms with Gasteiger partial charge in [0.15, 0.2) is 0 Å². The number of carbonyl (C=O) groups is 2. The number of carbonyl (C=O) groups excluding carboxylic acids is 2. The minimum atomic E-state index is -0.398. The van der Waals surface area contributed by atoms with E-state index in [0.29, 0.717) is 29.4 Å². The quantitative estimate of drug-likeness (QED) is 0.781. The summed E-state index contributed by atoms with van der Waals surface area (Å²) in [5.74, 6) is 0.257. The van der Waals surface area contributed by atoms with Crippen LogP contribution in [-0.4, -0.2) is 18.4 Å². The van der Waals surface area contributed by atoms with Gasteiger partial charge in [-0.25, -0.2) is 0 Å². The highest BCUT2D eigenvalue weighted by molar-refractivity contribution is 5.99. The Hall–Kier alpha value is -2.82. The van der Waals surface area contributed by atoms with Crippen molar-refractivity contribution in [2.24, 2.45) is 5.92 Å². The number of hydrazine groups is 1. The topological polar surface area (TPSA) is 67.4 Å². The average molecular weight is 368 g/mol. The van der Waals surface area contributed by atoms with Gasteiger partial charge in [0, 0.05) is 11.1 Å². The molecule has 0 aliphatic carbocycles. The highest BCUT2D eigenvalue weighted by Gasteiger charge is 2.15. The average Bonchev–Trinajstić information content (AvgIpc) is 2.63. The molecule has 2 aromatic carbocycles. The minimum absolute atomic E-state index is 0.0197. The zero-order valence-electron chi connectivity index (χ0n) is 16.6. The number of ether oxygens (including phenoxy) is 1. The molecule has 0 radical (unpaired) electrons. The van der Waals surface area contributed by atoms with E-state index in [2.05, 4.69) is 45.5 Å². The van der Waals surface area contributed by atoms with Crippen LogP contribution < -0.4 is 15.6 Å². The van der Waals surface area contributed by atoms with Crippen LogP contribution in [0.4, 0.5) is 0 Å². The lowest BCUT2D eigenvalue weighted by atomic mass is 9.87. The van der Waals surface area contributed by atoms with Gasteiger partial charge in [-0.3, -0.25) is 20.4 Å². The van der Waals surface area contributed by atoms with Gasteiger partial charge in [-0.15, -0.1) is 0 Å². The van der Waals surface area contributed by atoms with Gasteiger partial charge in [0.05, 0.1) is 6.61 Å². The molecule has 5 nitrogen and oxygen atoms in total. The second-order valence-corrected chi connectivity index (χ2v) is 7.97. The van der Waals surface area contributed by atoms with E-state index >= 15 is 0 Å². The summed E-state index contributed by atoms with van der Waals surface area (Å²) in [7, 11) is 0. The third-order valence-corrected chi connectivity index (χ3v) is 3.98. The molecule has 0 saturated heterocycles. The molecule has 0 bridgehead atoms. The monoisotopic (exact) mass is 368 g/mol. The molecule has 0 aliphatic rings. The lowest BCUT2D eigenvalue weighted by molar-refractivity contribution is 0.0846. The largest absolute Gasteiger partial charge is 0.493 e. The van der Waals surface area contributed by atoms with Crippen molar-refractivity contribution in [1.29, 1.82) is 0 Å². The molecule has 0 fully saturated rings. The lowest BCUT2D eigenvalue weighted by Crippen LogP contribution is -2.41. The van der Waals surface area contributed by atoms with Crippen molar-refractivity contribution < 1.29 is 14.3 Å². The van der Waals surface area contributed by atoms with Crippen LogP contribution in [0.15, 0.2) is 48.5 Å². The third kappa shape index (κ3) is 6.13. The molecule has 0 spiro atoms. The fraction of sp³-hybridized carbons (Fsp3) is 0.364. The Morgan fingerprint density at radius 2 is 1.52 bits per heavy atom. The molecular weight excluding hydrogens is 340 g/mol. The Kier molecular flexibility index (Phi) is 6.61. The van der Waals surface area contributed by atoms with Crippen molar-refractivity contribution >= 4 is 11.8 Å². The fourth-order valence-electron chi connectivity index (χ4n) is 2.37. The molecule has 27 heavy (non-hydrogen) atoms. The van der Waals surface area contributed by atoms with Gasteiger partial charge in [-0.2, -0.15) is 0 Å². The summed E-state index contributed by atoms with van der Waals surface area (Å²) in [4.78, 5) is 24.5. The summed E-state index contributed by atoms with van der Waals surface area (Å²) in [5, 5.41) is 0. The highest BCUT2D eigenvalue weighted by Crippen LogP contribution is 2.22. The van der Waals surface area contributed by atoms with Gasteiger partial charge in [-0.05, 0) is 47.2 Å². The van der Waals surface area contributed by atoms with Crippen molar-refractivity contribution in [1.82, 2.24) is 10.9 Å². The van der Waals surface area contributed by atoms with Crippen LogP contribution >= 0.6 is 0 Å². The highest BCUT2D eigenvalue weighted by atomic mass is 16.5. The van der Waals surface area contributed by atoms with E-state index in [9.17, 15) is 9.59 Å². The Morgan fingerprint density at radius 1 is 0.926 bits per heavy atom. The predicted octanol–water partition coefficient (Wildman–Crippen LogP) is 4.09. The molecule has 2 N–H and O–H groups in total. The molecule has 0 saturated carbocycles. The SMILES string of the molecule is CC(C)COc1cccc(C(=O)NNC(=O)c2ccc(C(C)(C)C)cc2)c1. The van der Waals surface area contributed by atoms with Crippen molar-refractivity contribution in [3.05, 3.63) is 65.2 Å². The third-order valence-electron chi connectivity index (χ3n) is 3.98. The molecule has 0 aromatic heterocycles. The van der Waals surface area contributed by atoms with Gasteiger partial charge in [-0.1, -0.05) is 52.8 Å². The molecule has 144 valence electrons. The van der Waals surface area contributed by atoms with Crippen LogP contribution in [0.1, 0.15) is 60.9 Å². The van der Waals surface area contributed by atoms with Crippen LogP contribution in [0.3, 0.4) is 0 Å². The summed E-state index contributed by atoms with van der Waals surface area (Å²) in [6.07, 6.45) is 0. The van der Waals surface area contributed by atoms with Gasteiger partial charge in [0.25, 0.3) is 11.8 Å². The van der Waals surface area contributed by atoms with Crippen molar-refractivity contribution in [3.63, 3.8) is 0 Å². The Balaban J connectivity index is 1.95. The second-order valence-electron chi connectivity index (χ2n) is 7.97. The normalized spacial score (nSPS) is 11.2. The molecule has 2 aromatic rings. The predicted molar refractivity (Wildman–Crippen MR) is 107 cm³/mol. The molecule has 2 rings (SSSR count). The molecular formula is C22H28N2O3. The maximum atomic E-state index is 12.3. The maximum Gasteiger partial charge on any atom is 0.269 e. The summed E-state index contributed by atoms with van der Waals surface area (Å²) < 4.78 is 5.62. The Bertz CT molecular complexity index is 790. The number of benzene rings is 2. The molecule has 0 heterocycles. The standard InChI is InChI=1S/C22H28N2O3/c1-15(2)14-27-19-8-6-7-17(13-19)21(26)24-23-20(25)16-9-11-18(12-10-16)22(3,4)5/h6-13,15H,14H2,1-5H3,(H,23,25)(H,24,26). The van der Waals surface area contributed by atoms with Gasteiger partial charge < -0.3 is 4.74 Å². The van der Waals surface area contributed by atoms with E-state index in [-0.39, 0.29) is 11.3 Å². The first-order valence-corrected chi connectivity index (χ1v) is 9.11. The van der Waals surface area contributed by atoms with E-state index in [1.54, 1.807) is 36.4 Å². The number of hydrogen-bond acceptors (Lipinski definition) is 3. The van der Waals surface area contributed by atoms with Gasteiger partial charge >= 0.3 is 0 Å². The van der Waals surface area contributed by atoms with Gasteiger partial charge in [0.1, 0.15) is 5.75 Å². The van der Waals surface area contributed by atoms with Crippen LogP contribution in [0, 0.1) is 5.92 Å². The van der Waals surface area contributed by atoms with E-state index in [0.717, 1.165) is 5.56 Å². The summed E-state index contributed by atoms with van der Waals surface area (Å²) >= 11 is 0. The van der Waals surface area contributed by atoms with Crippen molar-refractivity contribution in [2.75, 3.05) is 6.61 Å². The molecule has 0 unspecified atom stereocenters. The number of nitrogens with one attached hydrogen (secondary N) is 2. The first-order valence-electron chi connectivity index (χ1n) is 9.11. The van der Waals surface area contributed by atoms with Crippen LogP contribution in [0.25, 0.3) is 0 Å². The van der Waals surface area contributed by atoms with Crippen molar-refractivity contribution in [3.8, 4) is 5.75 Å². The van der Waals surface area contributed by atoms with E-state index in [1.807, 2.05) is 12.1 Å². The minimum Gasteiger partial charge on any atom is -0.493 e. The molecule has 5 heteroatoms. The summed E-state index contributed by atoms with van der Waals surface area (Å²) in [5.41, 5.74) is 6.95. The zero-order chi connectivity index (χ0) is 20.0. The first-order chi connectivity index (χ1) is 12.7. The fourth-order valence-corrected chi connectivity index (χ4v) is 2.37. The van der Waals surface area contributed by atoms with Crippen LogP contribution in [0.5, 0.6) is 5.75 Å². The van der Waals surface area contributed by atoms with Gasteiger partial charge in [0.2, 0.25) is 0 Å². The molecule has 2 amide bonds. The number of amides is 2. The maximum absolute atomic E-state index is 12.3. The Labute approximate surface area is 161 Å². The molecule has 0 atom stereocenters. The van der Waals surface area contributed by atoms with Crippen LogP contribution in [-0.2, 0) is 5.41 Å². The molecule has 0 aliphatic heterocycles. The van der Waals surface area contributed by atoms with Crippen LogP contribution in [0.2, 0.25) is 0 Å². The zero-order valence-corrected chi connectivity index (χ0v) is 16.6. The summed E-state index contributed by atoms with van der Waals surface area (Å²) in [6, 6.07) is 14.2. The number of hydrogen-bond donors (Lipinski definition) is 2. The smallest absolute Gasteiger partial charge is 0.269 e. The van der Waals surface area contributed by atoms with Crippen molar-refractivity contribution in [2.45, 2.75) is 40.0 Å². The number of rotatable bonds is 5. The second kappa shape index (κ2) is 8.71. The Morgan fingerprint density at radius 3 is 2.07 bits per heavy atom. The lowest BCUT2D eigenvalue weighted by Gasteiger charge is -2.19. The van der Waals surface area contributed by atoms with E-state index in [4.69, 9.17) is 4.74 Å². The van der Waals surface area contributed by atoms with E-state index < -0.39 is 5.91 Å². The first kappa shape index (κ1) is 20.5. The summed E-state index contributed by atoms with van der Waals surface area (Å²) in [6.45, 7) is 11.0.